The fraction of sp³-hybridized carbons (Fsp3) is 0.167. The molecule has 0 aliphatic carbocycles. The van der Waals surface area contributed by atoms with E-state index in [1.165, 1.54) is 11.6 Å². The quantitative estimate of drug-likeness (QED) is 0.317. The van der Waals surface area contributed by atoms with Crippen LogP contribution < -0.4 is 4.74 Å². The van der Waals surface area contributed by atoms with E-state index in [2.05, 4.69) is 25.6 Å². The topological polar surface area (TPSA) is 9.23 Å². The first-order valence-corrected chi connectivity index (χ1v) is 9.16. The standard InChI is InChI=1S/C24H21F3O/c1-3-5-16-6-8-17(9-7-16)18-10-12-19(13-11-18)20-15-21(25)24(28-14-4-2)23(27)22(20)26/h4,6-13,15H,2-3,5,14H2,1H3. The van der Waals surface area contributed by atoms with Crippen molar-refractivity contribution in [1.82, 2.24) is 0 Å². The van der Waals surface area contributed by atoms with Crippen molar-refractivity contribution < 1.29 is 17.9 Å². The first-order valence-electron chi connectivity index (χ1n) is 9.16. The van der Waals surface area contributed by atoms with Crippen molar-refractivity contribution in [1.29, 1.82) is 0 Å². The third-order valence-corrected chi connectivity index (χ3v) is 4.48. The van der Waals surface area contributed by atoms with Gasteiger partial charge in [0, 0.05) is 5.56 Å². The second-order valence-corrected chi connectivity index (χ2v) is 6.49. The number of benzene rings is 3. The van der Waals surface area contributed by atoms with Crippen LogP contribution in [0.2, 0.25) is 0 Å². The Morgan fingerprint density at radius 2 is 1.43 bits per heavy atom. The fourth-order valence-electron chi connectivity index (χ4n) is 3.06. The highest BCUT2D eigenvalue weighted by atomic mass is 19.2. The number of halogens is 3. The van der Waals surface area contributed by atoms with E-state index in [0.717, 1.165) is 30.0 Å². The lowest BCUT2D eigenvalue weighted by atomic mass is 9.98. The van der Waals surface area contributed by atoms with Crippen LogP contribution in [0.1, 0.15) is 18.9 Å². The van der Waals surface area contributed by atoms with Crippen molar-refractivity contribution in [3.05, 3.63) is 90.3 Å². The molecule has 0 saturated heterocycles. The molecule has 3 aromatic carbocycles. The van der Waals surface area contributed by atoms with E-state index in [0.29, 0.717) is 5.56 Å². The van der Waals surface area contributed by atoms with Crippen molar-refractivity contribution in [2.24, 2.45) is 0 Å². The zero-order chi connectivity index (χ0) is 20.1. The van der Waals surface area contributed by atoms with E-state index in [4.69, 9.17) is 4.74 Å². The lowest BCUT2D eigenvalue weighted by Gasteiger charge is -2.11. The lowest BCUT2D eigenvalue weighted by Crippen LogP contribution is -2.02. The minimum atomic E-state index is -1.34. The second kappa shape index (κ2) is 8.79. The molecule has 0 heterocycles. The minimum absolute atomic E-state index is 0.113. The summed E-state index contributed by atoms with van der Waals surface area (Å²) < 4.78 is 47.7. The van der Waals surface area contributed by atoms with Crippen LogP contribution in [-0.2, 0) is 6.42 Å². The van der Waals surface area contributed by atoms with Gasteiger partial charge in [-0.05, 0) is 34.7 Å². The molecule has 0 aliphatic heterocycles. The van der Waals surface area contributed by atoms with Gasteiger partial charge in [0.2, 0.25) is 5.82 Å². The predicted octanol–water partition coefficient (Wildman–Crippen LogP) is 6.96. The summed E-state index contributed by atoms with van der Waals surface area (Å²) in [5, 5.41) is 0. The van der Waals surface area contributed by atoms with Crippen LogP contribution in [-0.4, -0.2) is 6.61 Å². The zero-order valence-corrected chi connectivity index (χ0v) is 15.6. The van der Waals surface area contributed by atoms with Crippen LogP contribution in [0.25, 0.3) is 22.3 Å². The molecule has 0 spiro atoms. The molecule has 28 heavy (non-hydrogen) atoms. The van der Waals surface area contributed by atoms with Crippen molar-refractivity contribution in [2.75, 3.05) is 6.61 Å². The van der Waals surface area contributed by atoms with Crippen LogP contribution in [0.4, 0.5) is 13.2 Å². The summed E-state index contributed by atoms with van der Waals surface area (Å²) >= 11 is 0. The van der Waals surface area contributed by atoms with Gasteiger partial charge in [0.05, 0.1) is 0 Å². The van der Waals surface area contributed by atoms with E-state index in [1.54, 1.807) is 12.1 Å². The Balaban J connectivity index is 1.90. The largest absolute Gasteiger partial charge is 0.483 e. The van der Waals surface area contributed by atoms with Crippen LogP contribution in [0.3, 0.4) is 0 Å². The summed E-state index contributed by atoms with van der Waals surface area (Å²) in [6.07, 6.45) is 3.45. The highest BCUT2D eigenvalue weighted by Crippen LogP contribution is 2.33. The number of hydrogen-bond acceptors (Lipinski definition) is 1. The number of aryl methyl sites for hydroxylation is 1. The number of rotatable bonds is 7. The second-order valence-electron chi connectivity index (χ2n) is 6.49. The zero-order valence-electron chi connectivity index (χ0n) is 15.6. The van der Waals surface area contributed by atoms with Crippen molar-refractivity contribution in [3.8, 4) is 28.0 Å². The normalized spacial score (nSPS) is 10.7. The Hall–Kier alpha value is -3.01. The molecule has 0 unspecified atom stereocenters. The maximum atomic E-state index is 14.4. The Morgan fingerprint density at radius 1 is 0.857 bits per heavy atom. The smallest absolute Gasteiger partial charge is 0.204 e. The van der Waals surface area contributed by atoms with E-state index in [-0.39, 0.29) is 12.2 Å². The lowest BCUT2D eigenvalue weighted by molar-refractivity contribution is 0.312. The average molecular weight is 382 g/mol. The molecule has 144 valence electrons. The Morgan fingerprint density at radius 3 is 2.00 bits per heavy atom. The van der Waals surface area contributed by atoms with E-state index in [1.807, 2.05) is 24.3 Å². The highest BCUT2D eigenvalue weighted by Gasteiger charge is 2.21. The molecule has 3 aromatic rings. The number of ether oxygens (including phenoxy) is 1. The van der Waals surface area contributed by atoms with Crippen LogP contribution in [0.15, 0.2) is 67.3 Å². The van der Waals surface area contributed by atoms with Gasteiger partial charge in [0.25, 0.3) is 0 Å². The molecule has 4 heteroatoms. The third-order valence-electron chi connectivity index (χ3n) is 4.48. The molecule has 3 rings (SSSR count). The van der Waals surface area contributed by atoms with Crippen molar-refractivity contribution >= 4 is 0 Å². The van der Waals surface area contributed by atoms with Crippen LogP contribution >= 0.6 is 0 Å². The summed E-state index contributed by atoms with van der Waals surface area (Å²) in [5.41, 5.74) is 3.48. The Bertz CT molecular complexity index is 961. The molecule has 1 nitrogen and oxygen atoms in total. The van der Waals surface area contributed by atoms with Crippen molar-refractivity contribution in [3.63, 3.8) is 0 Å². The fourth-order valence-corrected chi connectivity index (χ4v) is 3.06. The number of hydrogen-bond donors (Lipinski definition) is 0. The van der Waals surface area contributed by atoms with Gasteiger partial charge in [0.1, 0.15) is 6.61 Å². The SMILES string of the molecule is C=CCOc1c(F)cc(-c2ccc(-c3ccc(CCC)cc3)cc2)c(F)c1F. The summed E-state index contributed by atoms with van der Waals surface area (Å²) in [6.45, 7) is 5.43. The van der Waals surface area contributed by atoms with Crippen molar-refractivity contribution in [2.45, 2.75) is 19.8 Å². The molecule has 0 aromatic heterocycles. The molecule has 0 aliphatic rings. The van der Waals surface area contributed by atoms with E-state index < -0.39 is 23.2 Å². The van der Waals surface area contributed by atoms with Gasteiger partial charge in [-0.2, -0.15) is 4.39 Å². The molecule has 0 saturated carbocycles. The van der Waals surface area contributed by atoms with E-state index in [9.17, 15) is 13.2 Å². The van der Waals surface area contributed by atoms with Gasteiger partial charge in [-0.25, -0.2) is 8.78 Å². The average Bonchev–Trinajstić information content (AvgIpc) is 2.72. The molecular formula is C24H21F3O. The first kappa shape index (κ1) is 19.7. The predicted molar refractivity (Wildman–Crippen MR) is 107 cm³/mol. The van der Waals surface area contributed by atoms with Crippen LogP contribution in [0, 0.1) is 17.5 Å². The molecule has 0 amide bonds. The van der Waals surface area contributed by atoms with Gasteiger partial charge < -0.3 is 4.74 Å². The van der Waals surface area contributed by atoms with E-state index >= 15 is 0 Å². The highest BCUT2D eigenvalue weighted by molar-refractivity contribution is 5.71. The molecule has 0 radical (unpaired) electrons. The monoisotopic (exact) mass is 382 g/mol. The van der Waals surface area contributed by atoms with Gasteiger partial charge in [-0.1, -0.05) is 74.5 Å². The van der Waals surface area contributed by atoms with Gasteiger partial charge in [0.15, 0.2) is 17.4 Å². The summed E-state index contributed by atoms with van der Waals surface area (Å²) in [5.74, 6) is -4.17. The Labute approximate surface area is 163 Å². The third kappa shape index (κ3) is 4.11. The molecule has 0 bridgehead atoms. The van der Waals surface area contributed by atoms with Gasteiger partial charge >= 0.3 is 0 Å². The Kier molecular flexibility index (Phi) is 6.19. The maximum absolute atomic E-state index is 14.4. The summed E-state index contributed by atoms with van der Waals surface area (Å²) in [7, 11) is 0. The molecule has 0 N–H and O–H groups in total. The van der Waals surface area contributed by atoms with Crippen LogP contribution in [0.5, 0.6) is 5.75 Å². The van der Waals surface area contributed by atoms with Gasteiger partial charge in [-0.3, -0.25) is 0 Å². The maximum Gasteiger partial charge on any atom is 0.204 e. The molecule has 0 fully saturated rings. The molecule has 0 atom stereocenters. The van der Waals surface area contributed by atoms with Gasteiger partial charge in [-0.15, -0.1) is 0 Å². The summed E-state index contributed by atoms with van der Waals surface area (Å²) in [6, 6.07) is 16.1. The summed E-state index contributed by atoms with van der Waals surface area (Å²) in [4.78, 5) is 0. The molecular weight excluding hydrogens is 361 g/mol. The first-order chi connectivity index (χ1) is 13.5. The minimum Gasteiger partial charge on any atom is -0.483 e.